The SMILES string of the molecule is Cn1cnc(-c2ccc(N3CCN(Cl)CC3)cc2F)n1. The van der Waals surface area contributed by atoms with Gasteiger partial charge in [0.1, 0.15) is 12.1 Å². The van der Waals surface area contributed by atoms with Gasteiger partial charge in [0.25, 0.3) is 0 Å². The Morgan fingerprint density at radius 1 is 1.20 bits per heavy atom. The van der Waals surface area contributed by atoms with E-state index < -0.39 is 0 Å². The number of benzene rings is 1. The van der Waals surface area contributed by atoms with Crippen LogP contribution in [-0.4, -0.2) is 45.4 Å². The van der Waals surface area contributed by atoms with E-state index >= 15 is 0 Å². The average Bonchev–Trinajstić information content (AvgIpc) is 2.86. The molecule has 0 radical (unpaired) electrons. The topological polar surface area (TPSA) is 37.2 Å². The predicted octanol–water partition coefficient (Wildman–Crippen LogP) is 1.90. The number of hydrogen-bond donors (Lipinski definition) is 0. The van der Waals surface area contributed by atoms with Gasteiger partial charge in [-0.15, -0.1) is 0 Å². The van der Waals surface area contributed by atoms with E-state index in [-0.39, 0.29) is 5.82 Å². The second-order valence-corrected chi connectivity index (χ2v) is 5.28. The van der Waals surface area contributed by atoms with Crippen LogP contribution >= 0.6 is 11.8 Å². The Bertz CT molecular complexity index is 607. The van der Waals surface area contributed by atoms with Gasteiger partial charge in [0.05, 0.1) is 5.56 Å². The minimum Gasteiger partial charge on any atom is -0.369 e. The van der Waals surface area contributed by atoms with E-state index in [0.717, 1.165) is 31.9 Å². The van der Waals surface area contributed by atoms with E-state index in [1.165, 1.54) is 6.07 Å². The Balaban J connectivity index is 1.84. The normalized spacial score (nSPS) is 16.6. The highest BCUT2D eigenvalue weighted by atomic mass is 35.5. The zero-order valence-corrected chi connectivity index (χ0v) is 11.9. The minimum absolute atomic E-state index is 0.304. The van der Waals surface area contributed by atoms with Gasteiger partial charge in [-0.25, -0.2) is 13.8 Å². The molecule has 2 heterocycles. The lowest BCUT2D eigenvalue weighted by Crippen LogP contribution is -2.42. The molecule has 0 atom stereocenters. The van der Waals surface area contributed by atoms with E-state index in [2.05, 4.69) is 15.0 Å². The smallest absolute Gasteiger partial charge is 0.184 e. The Hall–Kier alpha value is -1.66. The summed E-state index contributed by atoms with van der Waals surface area (Å²) < 4.78 is 17.5. The second kappa shape index (κ2) is 5.38. The van der Waals surface area contributed by atoms with Crippen LogP contribution < -0.4 is 4.90 Å². The molecule has 1 aromatic carbocycles. The predicted molar refractivity (Wildman–Crippen MR) is 76.0 cm³/mol. The molecule has 0 spiro atoms. The summed E-state index contributed by atoms with van der Waals surface area (Å²) in [4.78, 5) is 6.20. The lowest BCUT2D eigenvalue weighted by atomic mass is 10.1. The van der Waals surface area contributed by atoms with Crippen molar-refractivity contribution >= 4 is 17.5 Å². The number of halogens is 2. The van der Waals surface area contributed by atoms with E-state index in [9.17, 15) is 4.39 Å². The lowest BCUT2D eigenvalue weighted by Gasteiger charge is -2.32. The van der Waals surface area contributed by atoms with Gasteiger partial charge in [0.15, 0.2) is 5.82 Å². The summed E-state index contributed by atoms with van der Waals surface area (Å²) in [7, 11) is 1.76. The molecule has 0 bridgehead atoms. The first-order chi connectivity index (χ1) is 9.63. The van der Waals surface area contributed by atoms with Crippen molar-refractivity contribution in [3.63, 3.8) is 0 Å². The number of rotatable bonds is 2. The molecule has 0 aliphatic carbocycles. The van der Waals surface area contributed by atoms with E-state index in [4.69, 9.17) is 11.8 Å². The molecular formula is C13H15ClFN5. The van der Waals surface area contributed by atoms with Gasteiger partial charge in [-0.3, -0.25) is 4.68 Å². The number of anilines is 1. The molecule has 0 unspecified atom stereocenters. The summed E-state index contributed by atoms with van der Waals surface area (Å²) in [6, 6.07) is 5.17. The van der Waals surface area contributed by atoms with Crippen LogP contribution in [0.3, 0.4) is 0 Å². The summed E-state index contributed by atoms with van der Waals surface area (Å²) in [5, 5.41) is 4.12. The van der Waals surface area contributed by atoms with Gasteiger partial charge < -0.3 is 4.90 Å². The third-order valence-electron chi connectivity index (χ3n) is 3.38. The van der Waals surface area contributed by atoms with Crippen molar-refractivity contribution < 1.29 is 4.39 Å². The summed E-state index contributed by atoms with van der Waals surface area (Å²) in [5.41, 5.74) is 1.29. The zero-order valence-electron chi connectivity index (χ0n) is 11.1. The number of hydrogen-bond acceptors (Lipinski definition) is 4. The van der Waals surface area contributed by atoms with Crippen molar-refractivity contribution in [3.05, 3.63) is 30.3 Å². The Kier molecular flexibility index (Phi) is 3.58. The first-order valence-corrected chi connectivity index (χ1v) is 6.78. The highest BCUT2D eigenvalue weighted by Crippen LogP contribution is 2.25. The van der Waals surface area contributed by atoms with E-state index in [1.54, 1.807) is 28.5 Å². The Morgan fingerprint density at radius 2 is 1.95 bits per heavy atom. The molecule has 1 aliphatic rings. The zero-order chi connectivity index (χ0) is 14.1. The number of nitrogens with zero attached hydrogens (tertiary/aromatic N) is 5. The van der Waals surface area contributed by atoms with Gasteiger partial charge in [0, 0.05) is 38.9 Å². The van der Waals surface area contributed by atoms with Crippen molar-refractivity contribution in [3.8, 4) is 11.4 Å². The molecular weight excluding hydrogens is 281 g/mol. The molecule has 1 aliphatic heterocycles. The van der Waals surface area contributed by atoms with Crippen LogP contribution in [0.4, 0.5) is 10.1 Å². The maximum atomic E-state index is 14.2. The van der Waals surface area contributed by atoms with Crippen LogP contribution in [0.2, 0.25) is 0 Å². The maximum absolute atomic E-state index is 14.2. The fourth-order valence-corrected chi connectivity index (χ4v) is 2.44. The minimum atomic E-state index is -0.304. The second-order valence-electron chi connectivity index (χ2n) is 4.80. The molecule has 1 saturated heterocycles. The van der Waals surface area contributed by atoms with Crippen molar-refractivity contribution in [2.75, 3.05) is 31.1 Å². The van der Waals surface area contributed by atoms with E-state index in [0.29, 0.717) is 11.4 Å². The maximum Gasteiger partial charge on any atom is 0.184 e. The monoisotopic (exact) mass is 295 g/mol. The summed E-state index contributed by atoms with van der Waals surface area (Å²) in [6.07, 6.45) is 1.56. The van der Waals surface area contributed by atoms with Gasteiger partial charge >= 0.3 is 0 Å². The fourth-order valence-electron chi connectivity index (χ4n) is 2.29. The molecule has 1 fully saturated rings. The number of piperazine rings is 1. The van der Waals surface area contributed by atoms with Gasteiger partial charge in [0.2, 0.25) is 0 Å². The Labute approximate surface area is 121 Å². The van der Waals surface area contributed by atoms with Crippen LogP contribution in [0.15, 0.2) is 24.5 Å². The molecule has 106 valence electrons. The quantitative estimate of drug-likeness (QED) is 0.793. The third kappa shape index (κ3) is 2.62. The van der Waals surface area contributed by atoms with Crippen LogP contribution in [0.25, 0.3) is 11.4 Å². The largest absolute Gasteiger partial charge is 0.369 e. The number of aryl methyl sites for hydroxylation is 1. The van der Waals surface area contributed by atoms with Gasteiger partial charge in [-0.1, -0.05) is 0 Å². The van der Waals surface area contributed by atoms with E-state index in [1.807, 2.05) is 6.07 Å². The van der Waals surface area contributed by atoms with Gasteiger partial charge in [-0.2, -0.15) is 5.10 Å². The fraction of sp³-hybridized carbons (Fsp3) is 0.385. The van der Waals surface area contributed by atoms with Crippen LogP contribution in [-0.2, 0) is 7.05 Å². The van der Waals surface area contributed by atoms with Crippen molar-refractivity contribution in [1.29, 1.82) is 0 Å². The molecule has 0 N–H and O–H groups in total. The van der Waals surface area contributed by atoms with Crippen molar-refractivity contribution in [1.82, 2.24) is 19.2 Å². The first-order valence-electron chi connectivity index (χ1n) is 6.45. The Morgan fingerprint density at radius 3 is 2.55 bits per heavy atom. The standard InChI is InChI=1S/C13H15ClFN5/c1-18-9-16-13(17-18)11-3-2-10(8-12(11)15)19-4-6-20(14)7-5-19/h2-3,8-9H,4-7H2,1H3. The highest BCUT2D eigenvalue weighted by molar-refractivity contribution is 6.13. The molecule has 20 heavy (non-hydrogen) atoms. The molecule has 7 heteroatoms. The molecule has 1 aromatic heterocycles. The van der Waals surface area contributed by atoms with Crippen molar-refractivity contribution in [2.45, 2.75) is 0 Å². The molecule has 3 rings (SSSR count). The summed E-state index contributed by atoms with van der Waals surface area (Å²) >= 11 is 5.92. The third-order valence-corrected chi connectivity index (χ3v) is 3.72. The molecule has 0 amide bonds. The molecule has 0 saturated carbocycles. The number of aromatic nitrogens is 3. The van der Waals surface area contributed by atoms with Crippen LogP contribution in [0, 0.1) is 5.82 Å². The summed E-state index contributed by atoms with van der Waals surface area (Å²) in [5.74, 6) is 0.101. The molecule has 5 nitrogen and oxygen atoms in total. The lowest BCUT2D eigenvalue weighted by molar-refractivity contribution is 0.416. The van der Waals surface area contributed by atoms with Crippen LogP contribution in [0.1, 0.15) is 0 Å². The first kappa shape index (κ1) is 13.3. The molecule has 2 aromatic rings. The highest BCUT2D eigenvalue weighted by Gasteiger charge is 2.17. The van der Waals surface area contributed by atoms with Gasteiger partial charge in [-0.05, 0) is 30.0 Å². The van der Waals surface area contributed by atoms with Crippen LogP contribution in [0.5, 0.6) is 0 Å². The average molecular weight is 296 g/mol. The van der Waals surface area contributed by atoms with Crippen molar-refractivity contribution in [2.24, 2.45) is 7.05 Å². The summed E-state index contributed by atoms with van der Waals surface area (Å²) in [6.45, 7) is 3.13.